The average Bonchev–Trinajstić information content (AvgIpc) is 3.73. The molecule has 7 rings (SSSR count). The van der Waals surface area contributed by atoms with Gasteiger partial charge in [0.15, 0.2) is 0 Å². The van der Waals surface area contributed by atoms with Crippen molar-refractivity contribution in [2.24, 2.45) is 5.92 Å². The molecule has 1 saturated carbocycles. The smallest absolute Gasteiger partial charge is 0.146 e. The zero-order valence-electron chi connectivity index (χ0n) is 21.1. The number of hydrogen-bond acceptors (Lipinski definition) is 6. The van der Waals surface area contributed by atoms with Crippen LogP contribution in [0.15, 0.2) is 55.5 Å². The Morgan fingerprint density at radius 1 is 1.08 bits per heavy atom. The number of imidazole rings is 1. The van der Waals surface area contributed by atoms with Crippen molar-refractivity contribution < 1.29 is 9.47 Å². The first-order valence-corrected chi connectivity index (χ1v) is 13.6. The molecule has 3 fully saturated rings. The van der Waals surface area contributed by atoms with Crippen molar-refractivity contribution in [3.05, 3.63) is 55.5 Å². The fourth-order valence-electron chi connectivity index (χ4n) is 6.76. The molecule has 4 aromatic rings. The summed E-state index contributed by atoms with van der Waals surface area (Å²) < 4.78 is 17.0. The van der Waals surface area contributed by atoms with Crippen molar-refractivity contribution >= 4 is 16.9 Å². The molecule has 0 unspecified atom stereocenters. The second kappa shape index (κ2) is 9.17. The molecule has 8 heteroatoms. The Morgan fingerprint density at radius 2 is 1.95 bits per heavy atom. The lowest BCUT2D eigenvalue weighted by Crippen LogP contribution is -2.32. The van der Waals surface area contributed by atoms with Gasteiger partial charge < -0.3 is 24.3 Å². The van der Waals surface area contributed by atoms with Crippen molar-refractivity contribution in [3.8, 4) is 16.9 Å². The summed E-state index contributed by atoms with van der Waals surface area (Å²) in [5.41, 5.74) is 9.40. The Bertz CT molecular complexity index is 1380. The van der Waals surface area contributed by atoms with Gasteiger partial charge >= 0.3 is 0 Å². The molecule has 192 valence electrons. The van der Waals surface area contributed by atoms with Crippen molar-refractivity contribution in [1.29, 1.82) is 0 Å². The molecule has 2 saturated heterocycles. The summed E-state index contributed by atoms with van der Waals surface area (Å²) in [5, 5.41) is 0.927. The largest absolute Gasteiger partial charge is 0.491 e. The van der Waals surface area contributed by atoms with Crippen LogP contribution in [-0.2, 0) is 11.3 Å². The topological polar surface area (TPSA) is 93.0 Å². The molecule has 0 spiro atoms. The fraction of sp³-hybridized carbons (Fsp3) is 0.483. The number of ether oxygens (including phenoxy) is 2. The maximum absolute atomic E-state index is 6.43. The predicted molar refractivity (Wildman–Crippen MR) is 142 cm³/mol. The van der Waals surface area contributed by atoms with Crippen LogP contribution in [0.1, 0.15) is 57.4 Å². The van der Waals surface area contributed by atoms with Crippen molar-refractivity contribution in [2.45, 2.75) is 75.7 Å². The van der Waals surface area contributed by atoms with E-state index in [0.717, 1.165) is 73.0 Å². The highest BCUT2D eigenvalue weighted by Gasteiger charge is 2.46. The molecule has 3 aromatic heterocycles. The molecule has 2 N–H and O–H groups in total. The van der Waals surface area contributed by atoms with Gasteiger partial charge in [0.1, 0.15) is 35.7 Å². The van der Waals surface area contributed by atoms with Gasteiger partial charge in [-0.15, -0.1) is 0 Å². The van der Waals surface area contributed by atoms with Crippen LogP contribution in [0.4, 0.5) is 5.82 Å². The normalized spacial score (nSPS) is 27.2. The molecular weight excluding hydrogens is 464 g/mol. The third-order valence-electron chi connectivity index (χ3n) is 8.78. The number of benzene rings is 1. The summed E-state index contributed by atoms with van der Waals surface area (Å²) in [6.07, 6.45) is 19.2. The minimum atomic E-state index is -0.0916. The third kappa shape index (κ3) is 4.27. The highest BCUT2D eigenvalue weighted by atomic mass is 16.6. The summed E-state index contributed by atoms with van der Waals surface area (Å²) in [6, 6.07) is 8.72. The zero-order valence-corrected chi connectivity index (χ0v) is 21.1. The Morgan fingerprint density at radius 3 is 2.70 bits per heavy atom. The molecule has 3 aliphatic rings. The zero-order chi connectivity index (χ0) is 24.8. The van der Waals surface area contributed by atoms with Crippen LogP contribution < -0.4 is 10.5 Å². The van der Waals surface area contributed by atoms with Gasteiger partial charge in [-0.1, -0.05) is 12.1 Å². The maximum Gasteiger partial charge on any atom is 0.146 e. The maximum atomic E-state index is 6.43. The molecule has 2 bridgehead atoms. The van der Waals surface area contributed by atoms with Gasteiger partial charge in [0.25, 0.3) is 0 Å². The average molecular weight is 499 g/mol. The van der Waals surface area contributed by atoms with E-state index in [9.17, 15) is 0 Å². The van der Waals surface area contributed by atoms with E-state index in [-0.39, 0.29) is 5.60 Å². The number of fused-ring (bicyclic) bond motifs is 3. The number of aromatic nitrogens is 5. The van der Waals surface area contributed by atoms with E-state index < -0.39 is 0 Å². The SMILES string of the molecule is Nc1ncnc2c1c(-c1cccc(OCC34CCC(CC3)O4)c1)cn2C1CCC(Cn2ccnc2)CC1. The van der Waals surface area contributed by atoms with Crippen LogP contribution in [0.2, 0.25) is 0 Å². The number of rotatable bonds is 7. The van der Waals surface area contributed by atoms with E-state index in [4.69, 9.17) is 20.2 Å². The number of nitrogen functional groups attached to an aromatic ring is 1. The van der Waals surface area contributed by atoms with Crippen LogP contribution in [0.3, 0.4) is 0 Å². The lowest BCUT2D eigenvalue weighted by molar-refractivity contribution is -0.0198. The summed E-state index contributed by atoms with van der Waals surface area (Å²) in [6.45, 7) is 1.65. The standard InChI is InChI=1S/C29H34N6O2/c30-27-26-25(21-2-1-3-24(14-21)36-17-29-10-8-23(37-29)9-11-29)16-35(28(26)33-18-32-27)22-6-4-20(5-7-22)15-34-13-12-31-19-34/h1-3,12-14,16,18-20,22-23H,4-11,15,17H2,(H2,30,32,33). The Hall–Kier alpha value is -3.39. The number of hydrogen-bond donors (Lipinski definition) is 1. The minimum Gasteiger partial charge on any atom is -0.491 e. The molecule has 0 radical (unpaired) electrons. The second-order valence-corrected chi connectivity index (χ2v) is 11.2. The highest BCUT2D eigenvalue weighted by Crippen LogP contribution is 2.44. The van der Waals surface area contributed by atoms with Crippen molar-refractivity contribution in [3.63, 3.8) is 0 Å². The molecule has 5 heterocycles. The number of anilines is 1. The molecule has 1 aliphatic carbocycles. The van der Waals surface area contributed by atoms with Crippen LogP contribution in [0.25, 0.3) is 22.2 Å². The monoisotopic (exact) mass is 498 g/mol. The predicted octanol–water partition coefficient (Wildman–Crippen LogP) is 5.40. The molecule has 1 aromatic carbocycles. The lowest BCUT2D eigenvalue weighted by Gasteiger charge is -2.30. The third-order valence-corrected chi connectivity index (χ3v) is 8.78. The van der Waals surface area contributed by atoms with Gasteiger partial charge in [0.05, 0.1) is 17.8 Å². The molecule has 0 atom stereocenters. The van der Waals surface area contributed by atoms with E-state index in [2.05, 4.69) is 49.7 Å². The van der Waals surface area contributed by atoms with E-state index in [1.807, 2.05) is 18.6 Å². The lowest BCUT2D eigenvalue weighted by atomic mass is 9.86. The van der Waals surface area contributed by atoms with Crippen LogP contribution in [0.5, 0.6) is 5.75 Å². The van der Waals surface area contributed by atoms with Crippen LogP contribution >= 0.6 is 0 Å². The van der Waals surface area contributed by atoms with Crippen molar-refractivity contribution in [1.82, 2.24) is 24.1 Å². The quantitative estimate of drug-likeness (QED) is 0.367. The summed E-state index contributed by atoms with van der Waals surface area (Å²) in [7, 11) is 0. The van der Waals surface area contributed by atoms with Gasteiger partial charge in [0, 0.05) is 36.7 Å². The van der Waals surface area contributed by atoms with E-state index in [1.165, 1.54) is 12.8 Å². The Kier molecular flexibility index (Phi) is 5.65. The first-order chi connectivity index (χ1) is 18.2. The summed E-state index contributed by atoms with van der Waals surface area (Å²) in [5.74, 6) is 2.06. The molecule has 2 aliphatic heterocycles. The van der Waals surface area contributed by atoms with Gasteiger partial charge in [-0.3, -0.25) is 0 Å². The van der Waals surface area contributed by atoms with E-state index in [1.54, 1.807) is 6.33 Å². The molecular formula is C29H34N6O2. The molecule has 8 nitrogen and oxygen atoms in total. The summed E-state index contributed by atoms with van der Waals surface area (Å²) in [4.78, 5) is 13.2. The minimum absolute atomic E-state index is 0.0916. The van der Waals surface area contributed by atoms with E-state index in [0.29, 0.717) is 30.5 Å². The van der Waals surface area contributed by atoms with Gasteiger partial charge in [0.2, 0.25) is 0 Å². The molecule has 37 heavy (non-hydrogen) atoms. The molecule has 0 amide bonds. The second-order valence-electron chi connectivity index (χ2n) is 11.2. The number of nitrogens with zero attached hydrogens (tertiary/aromatic N) is 5. The highest BCUT2D eigenvalue weighted by molar-refractivity contribution is 6.00. The fourth-order valence-corrected chi connectivity index (χ4v) is 6.76. The number of nitrogens with two attached hydrogens (primary N) is 1. The van der Waals surface area contributed by atoms with Gasteiger partial charge in [-0.25, -0.2) is 15.0 Å². The first-order valence-electron chi connectivity index (χ1n) is 13.6. The van der Waals surface area contributed by atoms with Gasteiger partial charge in [-0.2, -0.15) is 0 Å². The van der Waals surface area contributed by atoms with E-state index >= 15 is 0 Å². The van der Waals surface area contributed by atoms with Crippen molar-refractivity contribution in [2.75, 3.05) is 12.3 Å². The van der Waals surface area contributed by atoms with Crippen LogP contribution in [-0.4, -0.2) is 42.4 Å². The Balaban J connectivity index is 1.13. The summed E-state index contributed by atoms with van der Waals surface area (Å²) >= 11 is 0. The van der Waals surface area contributed by atoms with Crippen LogP contribution in [0, 0.1) is 5.92 Å². The first kappa shape index (κ1) is 22.8. The Labute approximate surface area is 216 Å². The van der Waals surface area contributed by atoms with Gasteiger partial charge in [-0.05, 0) is 75.0 Å².